The quantitative estimate of drug-likeness (QED) is 0.188. The lowest BCUT2D eigenvalue weighted by Gasteiger charge is -2.18. The summed E-state index contributed by atoms with van der Waals surface area (Å²) in [4.78, 5) is 11.8. The van der Waals surface area contributed by atoms with Crippen molar-refractivity contribution in [1.29, 1.82) is 0 Å². The van der Waals surface area contributed by atoms with Crippen molar-refractivity contribution in [3.8, 4) is 0 Å². The molecule has 1 atom stereocenters. The molecule has 0 spiro atoms. The van der Waals surface area contributed by atoms with Gasteiger partial charge in [-0.2, -0.15) is 0 Å². The third-order valence-electron chi connectivity index (χ3n) is 4.63. The fourth-order valence-corrected chi connectivity index (χ4v) is 2.95. The van der Waals surface area contributed by atoms with Gasteiger partial charge in [-0.3, -0.25) is 0 Å². The van der Waals surface area contributed by atoms with Crippen molar-refractivity contribution in [2.24, 2.45) is 5.73 Å². The minimum absolute atomic E-state index is 0.00394. The Bertz CT molecular complexity index is 468. The number of hydrogen-bond donors (Lipinski definition) is 2. The normalized spacial score (nSPS) is 17.3. The molecular weight excluding hydrogens is 432 g/mol. The number of carbonyl (C=O) groups is 1. The zero-order chi connectivity index (χ0) is 23.7. The van der Waals surface area contributed by atoms with Gasteiger partial charge >= 0.3 is 6.09 Å². The molecule has 194 valence electrons. The zero-order valence-electron chi connectivity index (χ0n) is 20.0. The summed E-state index contributed by atoms with van der Waals surface area (Å²) in [7, 11) is 0. The summed E-state index contributed by atoms with van der Waals surface area (Å²) in [5.74, 6) is 0. The molecule has 33 heavy (non-hydrogen) atoms. The molecule has 0 saturated carbocycles. The Morgan fingerprint density at radius 1 is 0.697 bits per heavy atom. The minimum atomic E-state index is -0.369. The number of carbonyl (C=O) groups excluding carboxylic acids is 1. The number of alkyl carbamates (subject to hydrolysis) is 1. The average molecular weight is 477 g/mol. The number of amides is 1. The topological polar surface area (TPSA) is 120 Å². The molecule has 0 aromatic rings. The smallest absolute Gasteiger partial charge is 0.407 e. The Morgan fingerprint density at radius 2 is 1.18 bits per heavy atom. The lowest BCUT2D eigenvalue weighted by Crippen LogP contribution is -2.31. The van der Waals surface area contributed by atoms with E-state index in [0.717, 1.165) is 32.1 Å². The fraction of sp³-hybridized carbons (Fsp3) is 0.870. The first-order chi connectivity index (χ1) is 16.3. The molecule has 10 heteroatoms. The zero-order valence-corrected chi connectivity index (χ0v) is 20.0. The van der Waals surface area contributed by atoms with Crippen molar-refractivity contribution in [2.45, 2.75) is 38.2 Å². The maximum Gasteiger partial charge on any atom is 0.407 e. The SMILES string of the molecule is NCCOCCOCCOCCOCCOCCOCCNC(=O)OC1CC/C=C/CCC1. The molecule has 0 aromatic carbocycles. The van der Waals surface area contributed by atoms with Gasteiger partial charge in [0, 0.05) is 13.1 Å². The number of nitrogens with one attached hydrogen (secondary N) is 1. The van der Waals surface area contributed by atoms with E-state index in [4.69, 9.17) is 38.9 Å². The largest absolute Gasteiger partial charge is 0.446 e. The van der Waals surface area contributed by atoms with E-state index < -0.39 is 0 Å². The van der Waals surface area contributed by atoms with Crippen LogP contribution >= 0.6 is 0 Å². The molecule has 0 aliphatic heterocycles. The molecule has 1 aliphatic rings. The minimum Gasteiger partial charge on any atom is -0.446 e. The molecule has 3 N–H and O–H groups in total. The highest BCUT2D eigenvalue weighted by molar-refractivity contribution is 5.67. The Balaban J connectivity index is 1.73. The van der Waals surface area contributed by atoms with E-state index in [2.05, 4.69) is 17.5 Å². The summed E-state index contributed by atoms with van der Waals surface area (Å²) in [5.41, 5.74) is 5.31. The first-order valence-electron chi connectivity index (χ1n) is 12.1. The van der Waals surface area contributed by atoms with Crippen LogP contribution in [0.5, 0.6) is 0 Å². The van der Waals surface area contributed by atoms with Gasteiger partial charge in [-0.25, -0.2) is 4.79 Å². The predicted octanol–water partition coefficient (Wildman–Crippen LogP) is 1.66. The van der Waals surface area contributed by atoms with Crippen LogP contribution in [0.25, 0.3) is 0 Å². The number of hydrogen-bond acceptors (Lipinski definition) is 9. The molecule has 0 bridgehead atoms. The molecule has 1 amide bonds. The highest BCUT2D eigenvalue weighted by atomic mass is 16.6. The first kappa shape index (κ1) is 29.8. The van der Waals surface area contributed by atoms with Crippen molar-refractivity contribution < 1.29 is 38.0 Å². The highest BCUT2D eigenvalue weighted by Gasteiger charge is 2.14. The van der Waals surface area contributed by atoms with Crippen LogP contribution in [-0.2, 0) is 33.2 Å². The second kappa shape index (κ2) is 23.9. The van der Waals surface area contributed by atoms with Gasteiger partial charge in [0.25, 0.3) is 0 Å². The molecule has 1 aliphatic carbocycles. The summed E-state index contributed by atoms with van der Waals surface area (Å²) < 4.78 is 37.7. The molecule has 0 aromatic heterocycles. The van der Waals surface area contributed by atoms with Crippen LogP contribution in [0.3, 0.4) is 0 Å². The van der Waals surface area contributed by atoms with Crippen LogP contribution in [0.4, 0.5) is 4.79 Å². The summed E-state index contributed by atoms with van der Waals surface area (Å²) >= 11 is 0. The first-order valence-corrected chi connectivity index (χ1v) is 12.1. The van der Waals surface area contributed by atoms with Crippen molar-refractivity contribution in [2.75, 3.05) is 92.4 Å². The van der Waals surface area contributed by atoms with E-state index in [9.17, 15) is 4.79 Å². The average Bonchev–Trinajstić information content (AvgIpc) is 2.79. The molecule has 0 fully saturated rings. The van der Waals surface area contributed by atoms with E-state index in [0.29, 0.717) is 92.4 Å². The number of rotatable bonds is 21. The van der Waals surface area contributed by atoms with Gasteiger partial charge < -0.3 is 44.2 Å². The molecule has 0 radical (unpaired) electrons. The third-order valence-corrected chi connectivity index (χ3v) is 4.63. The lowest BCUT2D eigenvalue weighted by molar-refractivity contribution is -0.0162. The Hall–Kier alpha value is -1.27. The van der Waals surface area contributed by atoms with E-state index in [1.54, 1.807) is 0 Å². The van der Waals surface area contributed by atoms with Crippen LogP contribution in [0.2, 0.25) is 0 Å². The molecule has 0 heterocycles. The molecule has 0 saturated heterocycles. The van der Waals surface area contributed by atoms with Crippen LogP contribution < -0.4 is 11.1 Å². The second-order valence-corrected chi connectivity index (χ2v) is 7.40. The summed E-state index contributed by atoms with van der Waals surface area (Å²) in [6.07, 6.45) is 8.87. The maximum absolute atomic E-state index is 11.8. The van der Waals surface area contributed by atoms with Crippen molar-refractivity contribution in [3.63, 3.8) is 0 Å². The fourth-order valence-electron chi connectivity index (χ4n) is 2.95. The van der Waals surface area contributed by atoms with Crippen molar-refractivity contribution in [3.05, 3.63) is 12.2 Å². The monoisotopic (exact) mass is 476 g/mol. The van der Waals surface area contributed by atoms with Crippen LogP contribution in [-0.4, -0.2) is 105 Å². The maximum atomic E-state index is 11.8. The lowest BCUT2D eigenvalue weighted by atomic mass is 10.0. The van der Waals surface area contributed by atoms with E-state index >= 15 is 0 Å². The van der Waals surface area contributed by atoms with E-state index in [1.165, 1.54) is 0 Å². The van der Waals surface area contributed by atoms with Gasteiger partial charge in [0.2, 0.25) is 0 Å². The van der Waals surface area contributed by atoms with E-state index in [-0.39, 0.29) is 12.2 Å². The van der Waals surface area contributed by atoms with Gasteiger partial charge in [0.05, 0.1) is 79.3 Å². The van der Waals surface area contributed by atoms with Crippen molar-refractivity contribution in [1.82, 2.24) is 5.32 Å². The van der Waals surface area contributed by atoms with Gasteiger partial charge in [-0.05, 0) is 32.1 Å². The standard InChI is InChI=1S/C23H44N2O8/c24-8-10-27-12-14-29-16-18-31-20-21-32-19-17-30-15-13-28-11-9-25-23(26)33-22-6-4-2-1-3-5-7-22/h1-2,22H,3-21,24H2,(H,25,26)/b2-1+. The van der Waals surface area contributed by atoms with Gasteiger partial charge in [0.1, 0.15) is 6.10 Å². The molecule has 1 unspecified atom stereocenters. The van der Waals surface area contributed by atoms with E-state index in [1.807, 2.05) is 0 Å². The summed E-state index contributed by atoms with van der Waals surface area (Å²) in [5, 5.41) is 2.73. The predicted molar refractivity (Wildman–Crippen MR) is 124 cm³/mol. The van der Waals surface area contributed by atoms with Crippen LogP contribution in [0.1, 0.15) is 32.1 Å². The summed E-state index contributed by atoms with van der Waals surface area (Å²) in [6.45, 7) is 7.05. The number of allylic oxidation sites excluding steroid dienone is 2. The second-order valence-electron chi connectivity index (χ2n) is 7.40. The number of nitrogens with two attached hydrogens (primary N) is 1. The van der Waals surface area contributed by atoms with Crippen LogP contribution in [0.15, 0.2) is 12.2 Å². The highest BCUT2D eigenvalue weighted by Crippen LogP contribution is 2.15. The Kier molecular flexibility index (Phi) is 21.5. The van der Waals surface area contributed by atoms with Crippen LogP contribution in [0, 0.1) is 0 Å². The Morgan fingerprint density at radius 3 is 1.73 bits per heavy atom. The third kappa shape index (κ3) is 21.0. The van der Waals surface area contributed by atoms with Gasteiger partial charge in [-0.15, -0.1) is 0 Å². The molecular formula is C23H44N2O8. The Labute approximate surface area is 198 Å². The number of ether oxygens (including phenoxy) is 7. The molecule has 1 rings (SSSR count). The summed E-state index contributed by atoms with van der Waals surface area (Å²) in [6, 6.07) is 0. The van der Waals surface area contributed by atoms with Gasteiger partial charge in [-0.1, -0.05) is 12.2 Å². The molecule has 10 nitrogen and oxygen atoms in total. The van der Waals surface area contributed by atoms with Gasteiger partial charge in [0.15, 0.2) is 0 Å². The van der Waals surface area contributed by atoms with Crippen molar-refractivity contribution >= 4 is 6.09 Å².